The summed E-state index contributed by atoms with van der Waals surface area (Å²) < 4.78 is 17.2. The number of nitrogens with two attached hydrogens (primary N) is 1. The van der Waals surface area contributed by atoms with Crippen molar-refractivity contribution < 1.29 is 19.0 Å². The van der Waals surface area contributed by atoms with Gasteiger partial charge in [-0.05, 0) is 78.8 Å². The predicted octanol–water partition coefficient (Wildman–Crippen LogP) is 5.88. The van der Waals surface area contributed by atoms with Crippen molar-refractivity contribution in [3.8, 4) is 22.6 Å². The highest BCUT2D eigenvalue weighted by molar-refractivity contribution is 5.75. The molecule has 0 radical (unpaired) electrons. The predicted molar refractivity (Wildman–Crippen MR) is 119 cm³/mol. The van der Waals surface area contributed by atoms with Gasteiger partial charge in [-0.25, -0.2) is 4.79 Å². The van der Waals surface area contributed by atoms with E-state index in [2.05, 4.69) is 52.8 Å². The van der Waals surface area contributed by atoms with Crippen LogP contribution in [0.2, 0.25) is 0 Å². The first-order valence-electron chi connectivity index (χ1n) is 10.6. The first-order valence-corrected chi connectivity index (χ1v) is 10.6. The number of aryl methyl sites for hydroxylation is 2. The number of amides is 1. The Labute approximate surface area is 179 Å². The lowest BCUT2D eigenvalue weighted by Gasteiger charge is -2.26. The fraction of sp³-hybridized carbons (Fsp3) is 0.480. The van der Waals surface area contributed by atoms with Gasteiger partial charge in [0.15, 0.2) is 0 Å². The molecule has 2 aromatic rings. The van der Waals surface area contributed by atoms with Crippen LogP contribution in [0.3, 0.4) is 0 Å². The van der Waals surface area contributed by atoms with Gasteiger partial charge in [-0.1, -0.05) is 27.2 Å². The van der Waals surface area contributed by atoms with Crippen molar-refractivity contribution in [1.29, 1.82) is 0 Å². The highest BCUT2D eigenvalue weighted by atomic mass is 16.6. The number of hydrogen-bond acceptors (Lipinski definition) is 4. The van der Waals surface area contributed by atoms with Crippen LogP contribution in [-0.2, 0) is 11.2 Å². The van der Waals surface area contributed by atoms with Crippen molar-refractivity contribution >= 4 is 6.09 Å². The summed E-state index contributed by atoms with van der Waals surface area (Å²) in [6.07, 6.45) is 1.82. The Balaban J connectivity index is 2.03. The van der Waals surface area contributed by atoms with E-state index in [1.54, 1.807) is 7.11 Å². The lowest BCUT2D eigenvalue weighted by Crippen LogP contribution is -2.25. The summed E-state index contributed by atoms with van der Waals surface area (Å²) in [6.45, 7) is 11.2. The Hall–Kier alpha value is -2.69. The molecule has 0 aliphatic heterocycles. The molecule has 30 heavy (non-hydrogen) atoms. The molecule has 1 unspecified atom stereocenters. The smallest absolute Gasteiger partial charge is 0.405 e. The van der Waals surface area contributed by atoms with Crippen LogP contribution in [0.5, 0.6) is 11.5 Å². The summed E-state index contributed by atoms with van der Waals surface area (Å²) in [5.74, 6) is 1.71. The van der Waals surface area contributed by atoms with E-state index in [1.165, 1.54) is 0 Å². The third kappa shape index (κ3) is 4.25. The zero-order valence-electron chi connectivity index (χ0n) is 18.9. The van der Waals surface area contributed by atoms with Crippen molar-refractivity contribution in [2.45, 2.75) is 60.0 Å². The third-order valence-corrected chi connectivity index (χ3v) is 5.85. The van der Waals surface area contributed by atoms with E-state index in [0.29, 0.717) is 0 Å². The average Bonchev–Trinajstić information content (AvgIpc) is 2.91. The van der Waals surface area contributed by atoms with Gasteiger partial charge in [0, 0.05) is 11.0 Å². The second-order valence-electron chi connectivity index (χ2n) is 8.87. The van der Waals surface area contributed by atoms with E-state index in [4.69, 9.17) is 19.9 Å². The first-order chi connectivity index (χ1) is 14.2. The fourth-order valence-corrected chi connectivity index (χ4v) is 4.43. The normalized spacial score (nSPS) is 16.8. The maximum absolute atomic E-state index is 11.5. The van der Waals surface area contributed by atoms with Crippen molar-refractivity contribution in [3.05, 3.63) is 46.5 Å². The minimum absolute atomic E-state index is 0.232. The summed E-state index contributed by atoms with van der Waals surface area (Å²) in [5.41, 5.74) is 11.5. The van der Waals surface area contributed by atoms with E-state index in [0.717, 1.165) is 70.7 Å². The average molecular weight is 412 g/mol. The van der Waals surface area contributed by atoms with Crippen LogP contribution in [0, 0.1) is 19.3 Å². The minimum Gasteiger partial charge on any atom is -0.496 e. The van der Waals surface area contributed by atoms with Gasteiger partial charge in [0.05, 0.1) is 13.7 Å². The Morgan fingerprint density at radius 3 is 2.40 bits per heavy atom. The van der Waals surface area contributed by atoms with Crippen molar-refractivity contribution in [2.24, 2.45) is 11.1 Å². The van der Waals surface area contributed by atoms with Gasteiger partial charge >= 0.3 is 6.09 Å². The molecule has 1 aliphatic carbocycles. The molecule has 3 rings (SSSR count). The molecule has 0 spiro atoms. The number of benzene rings is 2. The summed E-state index contributed by atoms with van der Waals surface area (Å²) >= 11 is 0. The van der Waals surface area contributed by atoms with Crippen LogP contribution in [0.4, 0.5) is 4.79 Å². The van der Waals surface area contributed by atoms with Gasteiger partial charge in [-0.2, -0.15) is 0 Å². The Morgan fingerprint density at radius 1 is 1.17 bits per heavy atom. The molecule has 0 heterocycles. The summed E-state index contributed by atoms with van der Waals surface area (Å²) in [6, 6.07) is 8.45. The molecule has 0 aromatic heterocycles. The zero-order chi connectivity index (χ0) is 22.1. The van der Waals surface area contributed by atoms with Crippen LogP contribution in [0.15, 0.2) is 24.3 Å². The van der Waals surface area contributed by atoms with Crippen LogP contribution >= 0.6 is 0 Å². The maximum atomic E-state index is 11.5. The number of carbonyl (C=O) groups is 1. The summed E-state index contributed by atoms with van der Waals surface area (Å²) in [4.78, 5) is 11.5. The molecule has 162 valence electrons. The largest absolute Gasteiger partial charge is 0.496 e. The summed E-state index contributed by atoms with van der Waals surface area (Å²) in [7, 11) is 1.66. The lowest BCUT2D eigenvalue weighted by atomic mass is 9.87. The third-order valence-electron chi connectivity index (χ3n) is 5.85. The molecule has 0 fully saturated rings. The Kier molecular flexibility index (Phi) is 6.30. The Morgan fingerprint density at radius 2 is 1.83 bits per heavy atom. The Bertz CT molecular complexity index is 925. The second-order valence-corrected chi connectivity index (χ2v) is 8.87. The standard InChI is InChI=1S/C25H33NO4/c1-7-8-9-29-22-15(2)10-17(11-16(22)3)19-12-18-14-25(4,5)23(30-24(26)27)20(18)13-21(19)28-6/h10-13,23H,7-9,14H2,1-6H3,(H2,26,27). The molecular formula is C25H33NO4. The number of unbranched alkanes of at least 4 members (excludes halogenated alkanes) is 1. The van der Waals surface area contributed by atoms with Crippen LogP contribution in [0.25, 0.3) is 11.1 Å². The van der Waals surface area contributed by atoms with Gasteiger partial charge in [0.2, 0.25) is 0 Å². The molecule has 0 bridgehead atoms. The highest BCUT2D eigenvalue weighted by Crippen LogP contribution is 2.50. The first kappa shape index (κ1) is 22.0. The van der Waals surface area contributed by atoms with E-state index < -0.39 is 6.09 Å². The van der Waals surface area contributed by atoms with Crippen LogP contribution in [0.1, 0.15) is 62.0 Å². The highest BCUT2D eigenvalue weighted by Gasteiger charge is 2.42. The van der Waals surface area contributed by atoms with Gasteiger partial charge in [0.25, 0.3) is 0 Å². The molecule has 0 saturated heterocycles. The van der Waals surface area contributed by atoms with E-state index >= 15 is 0 Å². The maximum Gasteiger partial charge on any atom is 0.405 e. The SMILES string of the molecule is CCCCOc1c(C)cc(-c2cc3c(cc2OC)C(OC(N)=O)C(C)(C)C3)cc1C. The second kappa shape index (κ2) is 8.58. The lowest BCUT2D eigenvalue weighted by molar-refractivity contribution is 0.0391. The van der Waals surface area contributed by atoms with Crippen molar-refractivity contribution in [3.63, 3.8) is 0 Å². The number of methoxy groups -OCH3 is 1. The molecule has 1 atom stereocenters. The van der Waals surface area contributed by atoms with Gasteiger partial charge in [0.1, 0.15) is 17.6 Å². The monoisotopic (exact) mass is 411 g/mol. The topological polar surface area (TPSA) is 70.8 Å². The van der Waals surface area contributed by atoms with Gasteiger partial charge < -0.3 is 19.9 Å². The molecular weight excluding hydrogens is 378 g/mol. The van der Waals surface area contributed by atoms with Crippen molar-refractivity contribution in [2.75, 3.05) is 13.7 Å². The fourth-order valence-electron chi connectivity index (χ4n) is 4.43. The number of ether oxygens (including phenoxy) is 3. The van der Waals surface area contributed by atoms with E-state index in [1.807, 2.05) is 6.07 Å². The van der Waals surface area contributed by atoms with E-state index in [9.17, 15) is 4.79 Å². The molecule has 2 aromatic carbocycles. The number of carbonyl (C=O) groups excluding carboxylic acids is 1. The number of hydrogen-bond donors (Lipinski definition) is 1. The minimum atomic E-state index is -0.756. The molecule has 1 amide bonds. The number of rotatable bonds is 7. The molecule has 1 aliphatic rings. The van der Waals surface area contributed by atoms with Gasteiger partial charge in [-0.15, -0.1) is 0 Å². The summed E-state index contributed by atoms with van der Waals surface area (Å²) in [5, 5.41) is 0. The quantitative estimate of drug-likeness (QED) is 0.578. The van der Waals surface area contributed by atoms with E-state index in [-0.39, 0.29) is 11.5 Å². The number of fused-ring (bicyclic) bond motifs is 1. The molecule has 5 nitrogen and oxygen atoms in total. The zero-order valence-corrected chi connectivity index (χ0v) is 18.9. The molecule has 5 heteroatoms. The van der Waals surface area contributed by atoms with Crippen LogP contribution < -0.4 is 15.2 Å². The molecule has 2 N–H and O–H groups in total. The van der Waals surface area contributed by atoms with Gasteiger partial charge in [-0.3, -0.25) is 0 Å². The number of primary amides is 1. The van der Waals surface area contributed by atoms with Crippen molar-refractivity contribution in [1.82, 2.24) is 0 Å². The van der Waals surface area contributed by atoms with Crippen LogP contribution in [-0.4, -0.2) is 19.8 Å². The molecule has 0 saturated carbocycles.